The van der Waals surface area contributed by atoms with Crippen LogP contribution in [-0.4, -0.2) is 108 Å². The number of phosphoric acid groups is 1. The fraction of sp³-hybridized carbons (Fsp3) is 0.423. The van der Waals surface area contributed by atoms with Gasteiger partial charge in [0.05, 0.1) is 30.1 Å². The van der Waals surface area contributed by atoms with Crippen LogP contribution in [0.2, 0.25) is 0 Å². The molecule has 0 radical (unpaired) electrons. The second kappa shape index (κ2) is 13.5. The van der Waals surface area contributed by atoms with E-state index in [0.717, 1.165) is 27.4 Å². The number of benzene rings is 1. The van der Waals surface area contributed by atoms with Crippen LogP contribution in [0.5, 0.6) is 0 Å². The Morgan fingerprint density at radius 2 is 1.76 bits per heavy atom. The predicted octanol–water partition coefficient (Wildman–Crippen LogP) is -3.49. The van der Waals surface area contributed by atoms with E-state index in [1.54, 1.807) is 19.9 Å². The number of hydrogen-bond acceptors (Lipinski definition) is 20. The van der Waals surface area contributed by atoms with Crippen LogP contribution < -0.4 is 26.8 Å². The zero-order valence-electron chi connectivity index (χ0n) is 26.3. The van der Waals surface area contributed by atoms with Crippen LogP contribution in [0.25, 0.3) is 33.7 Å². The third kappa shape index (κ3) is 7.07. The van der Waals surface area contributed by atoms with Gasteiger partial charge in [-0.1, -0.05) is 0 Å². The van der Waals surface area contributed by atoms with E-state index in [2.05, 4.69) is 33.8 Å². The number of aliphatic hydroxyl groups is 5. The molecule has 51 heavy (non-hydrogen) atoms. The van der Waals surface area contributed by atoms with Gasteiger partial charge in [-0.15, -0.1) is 0 Å². The Labute approximate surface area is 284 Å². The van der Waals surface area contributed by atoms with Crippen molar-refractivity contribution in [3.05, 3.63) is 56.8 Å². The SMILES string of the molecule is Cc1cc2nc3c(=O)[nH]c(=O)nc-3n([C@H](O)[C@H](O)[C@H](O)COP(=O)([O-])OP(=O)([O-])C[C@H]3O[C@@H](n4cnc5c(N)ncnc54)[C@H](O)[C@@H]3O)c2cc1C. The normalized spacial score (nSPS) is 23.7. The van der Waals surface area contributed by atoms with Gasteiger partial charge < -0.3 is 54.9 Å². The maximum absolute atomic E-state index is 12.7. The summed E-state index contributed by atoms with van der Waals surface area (Å²) >= 11 is 0. The number of aryl methyl sites for hydroxylation is 2. The van der Waals surface area contributed by atoms with Gasteiger partial charge in [-0.05, 0) is 37.1 Å². The number of nitrogen functional groups attached to an aromatic ring is 1. The van der Waals surface area contributed by atoms with Crippen molar-refractivity contribution < 1.29 is 58.0 Å². The Kier molecular flexibility index (Phi) is 9.69. The number of anilines is 1. The van der Waals surface area contributed by atoms with Crippen molar-refractivity contribution in [1.82, 2.24) is 39.0 Å². The summed E-state index contributed by atoms with van der Waals surface area (Å²) < 4.78 is 41.5. The minimum Gasteiger partial charge on any atom is -0.778 e. The Morgan fingerprint density at radius 3 is 2.49 bits per heavy atom. The first-order chi connectivity index (χ1) is 23.9. The number of aromatic nitrogens is 8. The molecule has 0 saturated carbocycles. The van der Waals surface area contributed by atoms with Crippen LogP contribution in [0.15, 0.2) is 34.4 Å². The fourth-order valence-corrected chi connectivity index (χ4v) is 8.24. The molecule has 3 aromatic rings. The fourth-order valence-electron chi connectivity index (χ4n) is 5.49. The number of rotatable bonds is 11. The summed E-state index contributed by atoms with van der Waals surface area (Å²) in [4.78, 5) is 71.4. The predicted molar refractivity (Wildman–Crippen MR) is 167 cm³/mol. The van der Waals surface area contributed by atoms with E-state index in [1.807, 2.05) is 4.98 Å². The van der Waals surface area contributed by atoms with E-state index in [9.17, 15) is 54.0 Å². The quantitative estimate of drug-likeness (QED) is 0.0508. The molecular formula is C26H29N9O14P2-2. The summed E-state index contributed by atoms with van der Waals surface area (Å²) in [7, 11) is -11.3. The summed E-state index contributed by atoms with van der Waals surface area (Å²) in [6.45, 7) is 2.08. The third-order valence-corrected chi connectivity index (χ3v) is 11.2. The Bertz CT molecular complexity index is 2320. The number of hydrogen-bond donors (Lipinski definition) is 7. The monoisotopic (exact) mass is 753 g/mol. The third-order valence-electron chi connectivity index (χ3n) is 8.16. The van der Waals surface area contributed by atoms with Crippen molar-refractivity contribution in [2.45, 2.75) is 56.8 Å². The second-order valence-electron chi connectivity index (χ2n) is 11.7. The highest BCUT2D eigenvalue weighted by atomic mass is 31.3. The molecule has 9 atom stereocenters. The first-order valence-corrected chi connectivity index (χ1v) is 18.0. The zero-order valence-corrected chi connectivity index (χ0v) is 28.1. The number of nitrogens with two attached hydrogens (primary N) is 1. The Hall–Kier alpha value is -4.09. The van der Waals surface area contributed by atoms with Crippen molar-refractivity contribution in [3.63, 3.8) is 0 Å². The van der Waals surface area contributed by atoms with Crippen molar-refractivity contribution in [3.8, 4) is 11.5 Å². The molecule has 1 saturated heterocycles. The van der Waals surface area contributed by atoms with Gasteiger partial charge in [0.1, 0.15) is 43.9 Å². The number of H-pyrrole nitrogens is 1. The maximum Gasteiger partial charge on any atom is 0.349 e. The summed E-state index contributed by atoms with van der Waals surface area (Å²) in [5.74, 6) is -0.486. The smallest absolute Gasteiger partial charge is 0.349 e. The van der Waals surface area contributed by atoms with E-state index in [-0.39, 0.29) is 28.0 Å². The van der Waals surface area contributed by atoms with Gasteiger partial charge >= 0.3 is 5.69 Å². The highest BCUT2D eigenvalue weighted by Crippen LogP contribution is 2.56. The molecule has 1 fully saturated rings. The lowest BCUT2D eigenvalue weighted by molar-refractivity contribution is -0.235. The number of imidazole rings is 1. The molecule has 25 heteroatoms. The average molecular weight is 754 g/mol. The number of nitrogens with zero attached hydrogens (tertiary/aromatic N) is 7. The lowest BCUT2D eigenvalue weighted by atomic mass is 10.1. The molecule has 8 N–H and O–H groups in total. The number of aliphatic hydroxyl groups excluding tert-OH is 5. The van der Waals surface area contributed by atoms with Gasteiger partial charge in [-0.2, -0.15) is 4.98 Å². The summed E-state index contributed by atoms with van der Waals surface area (Å²) in [5, 5.41) is 53.6. The summed E-state index contributed by atoms with van der Waals surface area (Å²) in [5.41, 5.74) is 5.06. The number of nitrogens with one attached hydrogen (secondary N) is 1. The zero-order chi connectivity index (χ0) is 37.2. The molecule has 0 spiro atoms. The van der Waals surface area contributed by atoms with Gasteiger partial charge in [0.15, 0.2) is 35.4 Å². The van der Waals surface area contributed by atoms with Crippen molar-refractivity contribution in [2.24, 2.45) is 0 Å². The maximum atomic E-state index is 12.7. The molecule has 0 bridgehead atoms. The summed E-state index contributed by atoms with van der Waals surface area (Å²) in [6.07, 6.45) is -12.6. The molecule has 6 rings (SSSR count). The van der Waals surface area contributed by atoms with Crippen molar-refractivity contribution in [1.29, 1.82) is 0 Å². The first kappa shape index (κ1) is 36.7. The highest BCUT2D eigenvalue weighted by Gasteiger charge is 2.46. The molecule has 1 aromatic carbocycles. The minimum absolute atomic E-state index is 0.00568. The molecule has 2 unspecified atom stereocenters. The molecule has 23 nitrogen and oxygen atoms in total. The van der Waals surface area contributed by atoms with Crippen LogP contribution in [0.1, 0.15) is 23.6 Å². The van der Waals surface area contributed by atoms with Crippen LogP contribution in [-0.2, 0) is 22.7 Å². The van der Waals surface area contributed by atoms with Crippen LogP contribution in [0.4, 0.5) is 5.82 Å². The molecule has 2 aromatic heterocycles. The minimum atomic E-state index is -5.85. The Balaban J connectivity index is 1.14. The molecule has 0 amide bonds. The number of fused-ring (bicyclic) bond motifs is 3. The highest BCUT2D eigenvalue weighted by molar-refractivity contribution is 7.62. The second-order valence-corrected chi connectivity index (χ2v) is 15.1. The van der Waals surface area contributed by atoms with Gasteiger partial charge in [-0.25, -0.2) is 24.7 Å². The topological polar surface area (TPSA) is 359 Å². The molecule has 0 aliphatic carbocycles. The standard InChI is InChI=1S/C26H31N9O14P2/c1-9-3-11-12(4-10(9)2)35(22-16(31-11)23(40)33-26(42)32-22)24(41)17(37)13(36)5-47-51(45,46)49-50(43,44)6-14-18(38)19(39)25(48-14)34-8-30-15-20(27)28-7-29-21(15)34/h3-4,7-8,13-14,17-19,24-25,36-39,41H,5-6H2,1-2H3,(H,43,44)(H,45,46)(H2,27,28,29)(H,33,40,42)/p-2/t13-,14-,17-,18-,19-,24-,25-/m1/s1. The van der Waals surface area contributed by atoms with E-state index in [0.29, 0.717) is 5.56 Å². The van der Waals surface area contributed by atoms with Gasteiger partial charge in [-0.3, -0.25) is 27.8 Å². The number of ether oxygens (including phenoxy) is 1. The van der Waals surface area contributed by atoms with Crippen LogP contribution >= 0.6 is 15.4 Å². The molecule has 5 heterocycles. The van der Waals surface area contributed by atoms with Gasteiger partial charge in [0, 0.05) is 6.16 Å². The first-order valence-electron chi connectivity index (χ1n) is 14.8. The molecule has 274 valence electrons. The lowest BCUT2D eigenvalue weighted by Crippen LogP contribution is -2.40. The largest absolute Gasteiger partial charge is 0.778 e. The molecular weight excluding hydrogens is 724 g/mol. The van der Waals surface area contributed by atoms with Crippen molar-refractivity contribution in [2.75, 3.05) is 18.5 Å². The van der Waals surface area contributed by atoms with Crippen molar-refractivity contribution >= 4 is 43.4 Å². The lowest BCUT2D eigenvalue weighted by Gasteiger charge is -2.34. The average Bonchev–Trinajstić information content (AvgIpc) is 3.59. The van der Waals surface area contributed by atoms with E-state index in [1.165, 1.54) is 6.07 Å². The van der Waals surface area contributed by atoms with Gasteiger partial charge in [0.25, 0.3) is 13.4 Å². The summed E-state index contributed by atoms with van der Waals surface area (Å²) in [6, 6.07) is 3.06. The van der Waals surface area contributed by atoms with Gasteiger partial charge in [0.2, 0.25) is 0 Å². The van der Waals surface area contributed by atoms with E-state index < -0.39 is 93.9 Å². The van der Waals surface area contributed by atoms with Crippen LogP contribution in [0.3, 0.4) is 0 Å². The van der Waals surface area contributed by atoms with E-state index >= 15 is 0 Å². The van der Waals surface area contributed by atoms with Crippen LogP contribution in [0, 0.1) is 13.8 Å². The number of phosphoric ester groups is 1. The number of aromatic amines is 1. The van der Waals surface area contributed by atoms with E-state index in [4.69, 9.17) is 10.5 Å². The molecule has 3 aliphatic rings. The molecule has 3 aliphatic heterocycles. The Morgan fingerprint density at radius 1 is 1.06 bits per heavy atom.